The SMILES string of the molecule is CCCN(c1cc(NCC)nc(C(C)C)n1)C1CC1. The van der Waals surface area contributed by atoms with E-state index in [9.17, 15) is 0 Å². The number of hydrogen-bond acceptors (Lipinski definition) is 4. The summed E-state index contributed by atoms with van der Waals surface area (Å²) in [5.74, 6) is 3.35. The molecule has 0 saturated heterocycles. The molecule has 4 heteroatoms. The molecule has 0 atom stereocenters. The summed E-state index contributed by atoms with van der Waals surface area (Å²) in [7, 11) is 0. The second kappa shape index (κ2) is 6.22. The highest BCUT2D eigenvalue weighted by molar-refractivity contribution is 5.51. The zero-order chi connectivity index (χ0) is 13.8. The zero-order valence-electron chi connectivity index (χ0n) is 12.6. The molecule has 1 aliphatic carbocycles. The van der Waals surface area contributed by atoms with Crippen molar-refractivity contribution >= 4 is 11.6 Å². The molecular formula is C15H26N4. The van der Waals surface area contributed by atoms with Gasteiger partial charge >= 0.3 is 0 Å². The normalized spacial score (nSPS) is 14.8. The topological polar surface area (TPSA) is 41.0 Å². The van der Waals surface area contributed by atoms with Gasteiger partial charge in [-0.25, -0.2) is 9.97 Å². The minimum absolute atomic E-state index is 0.361. The first-order valence-electron chi connectivity index (χ1n) is 7.55. The molecule has 1 fully saturated rings. The van der Waals surface area contributed by atoms with Gasteiger partial charge in [0.05, 0.1) is 0 Å². The van der Waals surface area contributed by atoms with Gasteiger partial charge in [-0.1, -0.05) is 20.8 Å². The summed E-state index contributed by atoms with van der Waals surface area (Å²) in [5.41, 5.74) is 0. The average Bonchev–Trinajstić information content (AvgIpc) is 3.20. The Kier molecular flexibility index (Phi) is 4.61. The molecule has 0 spiro atoms. The Hall–Kier alpha value is -1.32. The minimum Gasteiger partial charge on any atom is -0.370 e. The summed E-state index contributed by atoms with van der Waals surface area (Å²) in [6.45, 7) is 10.6. The molecule has 0 unspecified atom stereocenters. The van der Waals surface area contributed by atoms with Crippen molar-refractivity contribution in [3.63, 3.8) is 0 Å². The second-order valence-electron chi connectivity index (χ2n) is 5.58. The highest BCUT2D eigenvalue weighted by Gasteiger charge is 2.30. The highest BCUT2D eigenvalue weighted by atomic mass is 15.2. The Morgan fingerprint density at radius 3 is 2.58 bits per heavy atom. The number of nitrogens with zero attached hydrogens (tertiary/aromatic N) is 3. The van der Waals surface area contributed by atoms with Crippen molar-refractivity contribution in [2.24, 2.45) is 0 Å². The maximum atomic E-state index is 4.77. The van der Waals surface area contributed by atoms with Gasteiger partial charge in [0.25, 0.3) is 0 Å². The van der Waals surface area contributed by atoms with E-state index in [1.165, 1.54) is 12.8 Å². The second-order valence-corrected chi connectivity index (χ2v) is 5.58. The molecule has 0 radical (unpaired) electrons. The van der Waals surface area contributed by atoms with E-state index in [-0.39, 0.29) is 0 Å². The lowest BCUT2D eigenvalue weighted by Crippen LogP contribution is -2.28. The van der Waals surface area contributed by atoms with E-state index in [0.29, 0.717) is 12.0 Å². The van der Waals surface area contributed by atoms with Crippen LogP contribution in [0.15, 0.2) is 6.07 Å². The van der Waals surface area contributed by atoms with Gasteiger partial charge in [-0.15, -0.1) is 0 Å². The van der Waals surface area contributed by atoms with Crippen LogP contribution in [-0.4, -0.2) is 29.1 Å². The quantitative estimate of drug-likeness (QED) is 0.817. The van der Waals surface area contributed by atoms with Crippen molar-refractivity contribution < 1.29 is 0 Å². The molecule has 4 nitrogen and oxygen atoms in total. The molecule has 1 aromatic rings. The van der Waals surface area contributed by atoms with Gasteiger partial charge in [-0.3, -0.25) is 0 Å². The third kappa shape index (κ3) is 3.58. The van der Waals surface area contributed by atoms with Crippen LogP contribution in [0.2, 0.25) is 0 Å². The Bertz CT molecular complexity index is 413. The molecule has 0 bridgehead atoms. The number of aromatic nitrogens is 2. The van der Waals surface area contributed by atoms with Crippen LogP contribution in [0.25, 0.3) is 0 Å². The first kappa shape index (κ1) is 14.1. The molecule has 2 rings (SSSR count). The Balaban J connectivity index is 2.30. The molecule has 0 aliphatic heterocycles. The van der Waals surface area contributed by atoms with E-state index >= 15 is 0 Å². The predicted octanol–water partition coefficient (Wildman–Crippen LogP) is 3.41. The van der Waals surface area contributed by atoms with Crippen molar-refractivity contribution in [2.45, 2.75) is 58.9 Å². The van der Waals surface area contributed by atoms with Crippen LogP contribution >= 0.6 is 0 Å². The van der Waals surface area contributed by atoms with Crippen LogP contribution in [0.5, 0.6) is 0 Å². The lowest BCUT2D eigenvalue weighted by molar-refractivity contribution is 0.723. The lowest BCUT2D eigenvalue weighted by atomic mass is 10.2. The van der Waals surface area contributed by atoms with Crippen LogP contribution in [0, 0.1) is 0 Å². The van der Waals surface area contributed by atoms with Crippen molar-refractivity contribution in [2.75, 3.05) is 23.3 Å². The number of rotatable bonds is 7. The molecule has 1 saturated carbocycles. The summed E-state index contributed by atoms with van der Waals surface area (Å²) >= 11 is 0. The molecule has 1 aromatic heterocycles. The van der Waals surface area contributed by atoms with Crippen LogP contribution in [0.4, 0.5) is 11.6 Å². The largest absolute Gasteiger partial charge is 0.370 e. The summed E-state index contributed by atoms with van der Waals surface area (Å²) in [6, 6.07) is 2.80. The lowest BCUT2D eigenvalue weighted by Gasteiger charge is -2.24. The molecule has 106 valence electrons. The maximum Gasteiger partial charge on any atom is 0.135 e. The minimum atomic E-state index is 0.361. The zero-order valence-corrected chi connectivity index (χ0v) is 12.6. The van der Waals surface area contributed by atoms with Crippen LogP contribution in [0.3, 0.4) is 0 Å². The molecule has 1 aliphatic rings. The number of nitrogens with one attached hydrogen (secondary N) is 1. The van der Waals surface area contributed by atoms with E-state index in [1.807, 2.05) is 0 Å². The van der Waals surface area contributed by atoms with Crippen molar-refractivity contribution in [1.82, 2.24) is 9.97 Å². The van der Waals surface area contributed by atoms with E-state index in [0.717, 1.165) is 37.0 Å². The third-order valence-corrected chi connectivity index (χ3v) is 3.35. The Labute approximate surface area is 116 Å². The molecule has 19 heavy (non-hydrogen) atoms. The molecule has 1 heterocycles. The predicted molar refractivity (Wildman–Crippen MR) is 80.9 cm³/mol. The smallest absolute Gasteiger partial charge is 0.135 e. The molecule has 0 amide bonds. The molecule has 1 N–H and O–H groups in total. The van der Waals surface area contributed by atoms with Crippen molar-refractivity contribution in [1.29, 1.82) is 0 Å². The monoisotopic (exact) mass is 262 g/mol. The van der Waals surface area contributed by atoms with Gasteiger partial charge in [0.15, 0.2) is 0 Å². The summed E-state index contributed by atoms with van der Waals surface area (Å²) in [5, 5.41) is 3.32. The van der Waals surface area contributed by atoms with Crippen molar-refractivity contribution in [3.05, 3.63) is 11.9 Å². The van der Waals surface area contributed by atoms with Crippen LogP contribution in [0.1, 0.15) is 58.7 Å². The van der Waals surface area contributed by atoms with Gasteiger partial charge in [-0.05, 0) is 26.2 Å². The van der Waals surface area contributed by atoms with Crippen LogP contribution < -0.4 is 10.2 Å². The fourth-order valence-corrected chi connectivity index (χ4v) is 2.24. The third-order valence-electron chi connectivity index (χ3n) is 3.35. The Morgan fingerprint density at radius 2 is 2.05 bits per heavy atom. The number of hydrogen-bond donors (Lipinski definition) is 1. The van der Waals surface area contributed by atoms with Gasteiger partial charge in [0, 0.05) is 31.1 Å². The van der Waals surface area contributed by atoms with E-state index in [1.54, 1.807) is 0 Å². The van der Waals surface area contributed by atoms with Crippen molar-refractivity contribution in [3.8, 4) is 0 Å². The first-order valence-corrected chi connectivity index (χ1v) is 7.55. The fourth-order valence-electron chi connectivity index (χ4n) is 2.24. The van der Waals surface area contributed by atoms with Crippen LogP contribution in [-0.2, 0) is 0 Å². The van der Waals surface area contributed by atoms with E-state index in [4.69, 9.17) is 4.98 Å². The first-order chi connectivity index (χ1) is 9.15. The van der Waals surface area contributed by atoms with Gasteiger partial charge in [0.1, 0.15) is 17.5 Å². The maximum absolute atomic E-state index is 4.77. The number of anilines is 2. The van der Waals surface area contributed by atoms with E-state index in [2.05, 4.69) is 49.0 Å². The van der Waals surface area contributed by atoms with E-state index < -0.39 is 0 Å². The average molecular weight is 262 g/mol. The Morgan fingerprint density at radius 1 is 1.32 bits per heavy atom. The van der Waals surface area contributed by atoms with Gasteiger partial charge in [-0.2, -0.15) is 0 Å². The molecular weight excluding hydrogens is 236 g/mol. The van der Waals surface area contributed by atoms with Gasteiger partial charge in [0.2, 0.25) is 0 Å². The standard InChI is InChI=1S/C15H26N4/c1-5-9-19(12-7-8-12)14-10-13(16-6-2)17-15(18-14)11(3)4/h10-12H,5-9H2,1-4H3,(H,16,17,18). The summed E-state index contributed by atoms with van der Waals surface area (Å²) in [4.78, 5) is 11.8. The fraction of sp³-hybridized carbons (Fsp3) is 0.733. The molecule has 0 aromatic carbocycles. The van der Waals surface area contributed by atoms with Gasteiger partial charge < -0.3 is 10.2 Å². The summed E-state index contributed by atoms with van der Waals surface area (Å²) in [6.07, 6.45) is 3.77. The highest BCUT2D eigenvalue weighted by Crippen LogP contribution is 2.32. The summed E-state index contributed by atoms with van der Waals surface area (Å²) < 4.78 is 0.